The summed E-state index contributed by atoms with van der Waals surface area (Å²) in [6, 6.07) is 9.31. The molecule has 0 bridgehead atoms. The van der Waals surface area contributed by atoms with Crippen LogP contribution in [0, 0.1) is 0 Å². The Morgan fingerprint density at radius 3 is 1.94 bits per heavy atom. The van der Waals surface area contributed by atoms with Crippen molar-refractivity contribution in [1.82, 2.24) is 0 Å². The Kier molecular flexibility index (Phi) is 12.8. The molecule has 0 spiro atoms. The average Bonchev–Trinajstić information content (AvgIpc) is 2.28. The van der Waals surface area contributed by atoms with Crippen LogP contribution in [0.4, 0.5) is 0 Å². The van der Waals surface area contributed by atoms with Crippen LogP contribution in [0.3, 0.4) is 0 Å². The molecule has 1 aromatic rings. The quantitative estimate of drug-likeness (QED) is 0.555. The molecule has 1 aromatic carbocycles. The Labute approximate surface area is 148 Å². The van der Waals surface area contributed by atoms with Crippen molar-refractivity contribution in [2.45, 2.75) is 13.0 Å². The van der Waals surface area contributed by atoms with Gasteiger partial charge < -0.3 is 15.3 Å². The maximum atomic E-state index is 10.1. The van der Waals surface area contributed by atoms with Crippen LogP contribution in [0.5, 0.6) is 0 Å². The molecular formula is C12H15KO5. The van der Waals surface area contributed by atoms with Crippen LogP contribution in [0.2, 0.25) is 0 Å². The Hall–Kier alpha value is -0.504. The van der Waals surface area contributed by atoms with Gasteiger partial charge in [-0.15, -0.1) is 0 Å². The molecule has 0 heterocycles. The summed E-state index contributed by atoms with van der Waals surface area (Å²) >= 11 is 0. The van der Waals surface area contributed by atoms with E-state index >= 15 is 0 Å². The van der Waals surface area contributed by atoms with E-state index in [2.05, 4.69) is 0 Å². The SMILES string of the molecule is CC(O)C(=O)O.O=C(O)/C=C/c1ccccc1.[KH]. The summed E-state index contributed by atoms with van der Waals surface area (Å²) in [5.41, 5.74) is 0.898. The Morgan fingerprint density at radius 1 is 1.17 bits per heavy atom. The Bertz CT molecular complexity index is 387. The van der Waals surface area contributed by atoms with Gasteiger partial charge in [0.2, 0.25) is 0 Å². The molecular weight excluding hydrogens is 263 g/mol. The van der Waals surface area contributed by atoms with Crippen LogP contribution in [0.1, 0.15) is 12.5 Å². The molecule has 0 aliphatic carbocycles. The molecule has 0 amide bonds. The number of benzene rings is 1. The molecule has 3 N–H and O–H groups in total. The zero-order valence-electron chi connectivity index (χ0n) is 9.28. The van der Waals surface area contributed by atoms with Crippen molar-refractivity contribution in [1.29, 1.82) is 0 Å². The second kappa shape index (κ2) is 11.6. The van der Waals surface area contributed by atoms with Gasteiger partial charge in [0.25, 0.3) is 0 Å². The van der Waals surface area contributed by atoms with Crippen LogP contribution in [0.25, 0.3) is 6.08 Å². The number of rotatable bonds is 3. The van der Waals surface area contributed by atoms with E-state index in [1.54, 1.807) is 6.08 Å². The molecule has 0 aromatic heterocycles. The van der Waals surface area contributed by atoms with E-state index < -0.39 is 18.0 Å². The summed E-state index contributed by atoms with van der Waals surface area (Å²) in [6.45, 7) is 1.20. The van der Waals surface area contributed by atoms with E-state index in [0.717, 1.165) is 11.6 Å². The number of hydrogen-bond acceptors (Lipinski definition) is 3. The Morgan fingerprint density at radius 2 is 1.61 bits per heavy atom. The zero-order valence-corrected chi connectivity index (χ0v) is 9.28. The predicted octanol–water partition coefficient (Wildman–Crippen LogP) is 0.588. The van der Waals surface area contributed by atoms with Crippen molar-refractivity contribution in [2.75, 3.05) is 0 Å². The third-order valence-corrected chi connectivity index (χ3v) is 1.58. The summed E-state index contributed by atoms with van der Waals surface area (Å²) in [4.78, 5) is 19.5. The van der Waals surface area contributed by atoms with Crippen molar-refractivity contribution < 1.29 is 24.9 Å². The molecule has 0 aliphatic rings. The summed E-state index contributed by atoms with van der Waals surface area (Å²) in [7, 11) is 0. The number of carboxylic acids is 2. The number of aliphatic hydroxyl groups excluding tert-OH is 1. The topological polar surface area (TPSA) is 94.8 Å². The van der Waals surface area contributed by atoms with Gasteiger partial charge in [0.15, 0.2) is 0 Å². The number of carboxylic acid groups (broad SMARTS) is 2. The molecule has 18 heavy (non-hydrogen) atoms. The first-order chi connectivity index (χ1) is 7.93. The molecule has 5 nitrogen and oxygen atoms in total. The molecule has 0 saturated carbocycles. The van der Waals surface area contributed by atoms with Crippen molar-refractivity contribution in [3.8, 4) is 0 Å². The minimum absolute atomic E-state index is 0. The number of carbonyl (C=O) groups is 2. The molecule has 0 aliphatic heterocycles. The van der Waals surface area contributed by atoms with E-state index in [1.165, 1.54) is 6.92 Å². The van der Waals surface area contributed by atoms with Crippen LogP contribution in [0.15, 0.2) is 36.4 Å². The molecule has 0 saturated heterocycles. The first-order valence-electron chi connectivity index (χ1n) is 4.80. The van der Waals surface area contributed by atoms with Gasteiger partial charge >= 0.3 is 63.3 Å². The summed E-state index contributed by atoms with van der Waals surface area (Å²) in [5, 5.41) is 24.1. The fraction of sp³-hybridized carbons (Fsp3) is 0.167. The molecule has 94 valence electrons. The molecule has 1 atom stereocenters. The van der Waals surface area contributed by atoms with Gasteiger partial charge in [0, 0.05) is 6.08 Å². The standard InChI is InChI=1S/C9H8O2.C3H6O3.K.H/c10-9(11)7-6-8-4-2-1-3-5-8;1-2(4)3(5)6;;/h1-7H,(H,10,11);2,4H,1H3,(H,5,6);;/b7-6+;;;. The van der Waals surface area contributed by atoms with Gasteiger partial charge in [0.05, 0.1) is 0 Å². The van der Waals surface area contributed by atoms with Crippen molar-refractivity contribution in [3.63, 3.8) is 0 Å². The van der Waals surface area contributed by atoms with E-state index in [0.29, 0.717) is 0 Å². The van der Waals surface area contributed by atoms with Gasteiger partial charge in [-0.1, -0.05) is 30.3 Å². The van der Waals surface area contributed by atoms with E-state index in [-0.39, 0.29) is 51.4 Å². The molecule has 1 unspecified atom stereocenters. The van der Waals surface area contributed by atoms with E-state index in [4.69, 9.17) is 15.3 Å². The van der Waals surface area contributed by atoms with Gasteiger partial charge in [-0.3, -0.25) is 0 Å². The summed E-state index contributed by atoms with van der Waals surface area (Å²) in [6.07, 6.45) is 1.45. The Balaban J connectivity index is 0. The van der Waals surface area contributed by atoms with Gasteiger partial charge in [-0.05, 0) is 18.6 Å². The average molecular weight is 278 g/mol. The van der Waals surface area contributed by atoms with Gasteiger partial charge in [0.1, 0.15) is 6.10 Å². The monoisotopic (exact) mass is 278 g/mol. The van der Waals surface area contributed by atoms with Crippen LogP contribution in [-0.2, 0) is 9.59 Å². The second-order valence-electron chi connectivity index (χ2n) is 3.10. The number of aliphatic carboxylic acids is 2. The van der Waals surface area contributed by atoms with E-state index in [9.17, 15) is 9.59 Å². The van der Waals surface area contributed by atoms with Crippen molar-refractivity contribution >= 4 is 69.4 Å². The zero-order chi connectivity index (χ0) is 13.3. The van der Waals surface area contributed by atoms with E-state index in [1.807, 2.05) is 30.3 Å². The van der Waals surface area contributed by atoms with Gasteiger partial charge in [-0.2, -0.15) is 0 Å². The van der Waals surface area contributed by atoms with Crippen LogP contribution in [-0.4, -0.2) is 84.7 Å². The number of hydrogen-bond donors (Lipinski definition) is 3. The molecule has 0 fully saturated rings. The third-order valence-electron chi connectivity index (χ3n) is 1.58. The van der Waals surface area contributed by atoms with Crippen molar-refractivity contribution in [2.24, 2.45) is 0 Å². The first kappa shape index (κ1) is 19.8. The summed E-state index contributed by atoms with van der Waals surface area (Å²) < 4.78 is 0. The fourth-order valence-electron chi connectivity index (χ4n) is 0.732. The predicted molar refractivity (Wildman–Crippen MR) is 69.6 cm³/mol. The van der Waals surface area contributed by atoms with Crippen LogP contribution < -0.4 is 0 Å². The normalized spacial score (nSPS) is 10.8. The van der Waals surface area contributed by atoms with Crippen molar-refractivity contribution in [3.05, 3.63) is 42.0 Å². The molecule has 6 heteroatoms. The number of aliphatic hydroxyl groups is 1. The maximum absolute atomic E-state index is 10.1. The fourth-order valence-corrected chi connectivity index (χ4v) is 0.732. The third kappa shape index (κ3) is 12.0. The molecule has 0 radical (unpaired) electrons. The minimum atomic E-state index is -1.23. The molecule has 1 rings (SSSR count). The van der Waals surface area contributed by atoms with Crippen LogP contribution >= 0.6 is 0 Å². The summed E-state index contributed by atoms with van der Waals surface area (Å²) in [5.74, 6) is -2.11. The second-order valence-corrected chi connectivity index (χ2v) is 3.10. The van der Waals surface area contributed by atoms with Gasteiger partial charge in [-0.25, -0.2) is 9.59 Å². The first-order valence-corrected chi connectivity index (χ1v) is 4.80.